The van der Waals surface area contributed by atoms with E-state index in [1.54, 1.807) is 0 Å². The van der Waals surface area contributed by atoms with E-state index >= 15 is 0 Å². The highest BCUT2D eigenvalue weighted by Crippen LogP contribution is 2.41. The number of anilines is 1. The van der Waals surface area contributed by atoms with Gasteiger partial charge in [-0.25, -0.2) is 9.50 Å². The molecular formula is C18H12ClF5N4O2. The van der Waals surface area contributed by atoms with Crippen molar-refractivity contribution in [3.05, 3.63) is 52.4 Å². The van der Waals surface area contributed by atoms with Crippen LogP contribution in [0.2, 0.25) is 5.02 Å². The molecule has 0 aliphatic heterocycles. The fourth-order valence-electron chi connectivity index (χ4n) is 2.90. The van der Waals surface area contributed by atoms with Crippen molar-refractivity contribution < 1.29 is 31.5 Å². The largest absolute Gasteiger partial charge is 0.433 e. The Morgan fingerprint density at radius 1 is 1.27 bits per heavy atom. The van der Waals surface area contributed by atoms with Crippen molar-refractivity contribution in [1.82, 2.24) is 14.6 Å². The van der Waals surface area contributed by atoms with Gasteiger partial charge in [0.05, 0.1) is 11.2 Å². The molecule has 3 aromatic rings. The van der Waals surface area contributed by atoms with E-state index < -0.39 is 24.4 Å². The molecule has 1 aliphatic carbocycles. The van der Waals surface area contributed by atoms with Crippen LogP contribution in [-0.2, 0) is 6.18 Å². The maximum absolute atomic E-state index is 13.4. The SMILES string of the molecule is O=C(Nc1ccc(OC(F)F)c(Cl)c1)c1cnn2c(C(F)(F)F)cc(C3CC3)nc12. The number of rotatable bonds is 5. The van der Waals surface area contributed by atoms with Gasteiger partial charge in [-0.3, -0.25) is 4.79 Å². The van der Waals surface area contributed by atoms with Crippen molar-refractivity contribution in [2.24, 2.45) is 0 Å². The third-order valence-electron chi connectivity index (χ3n) is 4.43. The summed E-state index contributed by atoms with van der Waals surface area (Å²) < 4.78 is 69.7. The lowest BCUT2D eigenvalue weighted by molar-refractivity contribution is -0.142. The second kappa shape index (κ2) is 7.38. The molecule has 30 heavy (non-hydrogen) atoms. The predicted molar refractivity (Wildman–Crippen MR) is 96.0 cm³/mol. The molecule has 0 atom stereocenters. The normalized spacial score (nSPS) is 14.4. The van der Waals surface area contributed by atoms with Crippen LogP contribution in [0.4, 0.5) is 27.6 Å². The topological polar surface area (TPSA) is 68.5 Å². The number of aromatic nitrogens is 3. The van der Waals surface area contributed by atoms with Gasteiger partial charge in [-0.2, -0.15) is 27.1 Å². The standard InChI is InChI=1S/C18H12ClF5N4O2/c19-11-5-9(3-4-13(11)30-17(20)21)26-16(29)10-7-25-28-14(18(22,23)24)6-12(8-1-2-8)27-15(10)28/h3-8,17H,1-2H2,(H,26,29). The number of ether oxygens (including phenoxy) is 1. The van der Waals surface area contributed by atoms with Gasteiger partial charge in [0.15, 0.2) is 5.65 Å². The van der Waals surface area contributed by atoms with Crippen molar-refractivity contribution in [3.63, 3.8) is 0 Å². The van der Waals surface area contributed by atoms with E-state index in [1.807, 2.05) is 0 Å². The van der Waals surface area contributed by atoms with E-state index in [-0.39, 0.29) is 39.3 Å². The molecule has 1 aliphatic rings. The number of hydrogen-bond acceptors (Lipinski definition) is 4. The van der Waals surface area contributed by atoms with E-state index in [2.05, 4.69) is 20.1 Å². The highest BCUT2D eigenvalue weighted by atomic mass is 35.5. The highest BCUT2D eigenvalue weighted by molar-refractivity contribution is 6.32. The Labute approximate surface area is 170 Å². The molecule has 1 saturated carbocycles. The van der Waals surface area contributed by atoms with Crippen LogP contribution < -0.4 is 10.1 Å². The fourth-order valence-corrected chi connectivity index (χ4v) is 3.13. The van der Waals surface area contributed by atoms with Gasteiger partial charge in [0, 0.05) is 17.3 Å². The molecule has 12 heteroatoms. The van der Waals surface area contributed by atoms with Gasteiger partial charge in [-0.15, -0.1) is 0 Å². The van der Waals surface area contributed by atoms with Crippen LogP contribution in [0.3, 0.4) is 0 Å². The summed E-state index contributed by atoms with van der Waals surface area (Å²) in [7, 11) is 0. The predicted octanol–water partition coefficient (Wildman–Crippen LogP) is 5.13. The van der Waals surface area contributed by atoms with Crippen molar-refractivity contribution in [2.75, 3.05) is 5.32 Å². The summed E-state index contributed by atoms with van der Waals surface area (Å²) >= 11 is 5.85. The second-order valence-corrected chi connectivity index (χ2v) is 7.02. The Kier molecular flexibility index (Phi) is 5.00. The highest BCUT2D eigenvalue weighted by Gasteiger charge is 2.38. The molecule has 0 spiro atoms. The zero-order chi connectivity index (χ0) is 21.6. The molecule has 158 valence electrons. The van der Waals surface area contributed by atoms with Gasteiger partial charge >= 0.3 is 12.8 Å². The Morgan fingerprint density at radius 2 is 2.00 bits per heavy atom. The van der Waals surface area contributed by atoms with Crippen LogP contribution in [0.25, 0.3) is 5.65 Å². The fraction of sp³-hybridized carbons (Fsp3) is 0.278. The molecule has 0 unspecified atom stereocenters. The molecule has 1 N–H and O–H groups in total. The summed E-state index contributed by atoms with van der Waals surface area (Å²) in [6, 6.07) is 4.51. The Hall–Kier alpha value is -2.95. The van der Waals surface area contributed by atoms with Gasteiger partial charge in [-0.05, 0) is 37.1 Å². The molecule has 4 rings (SSSR count). The minimum Gasteiger partial charge on any atom is -0.433 e. The minimum atomic E-state index is -4.68. The number of amides is 1. The third kappa shape index (κ3) is 4.02. The minimum absolute atomic E-state index is 0.0805. The van der Waals surface area contributed by atoms with Crippen molar-refractivity contribution >= 4 is 28.8 Å². The Balaban J connectivity index is 1.67. The average Bonchev–Trinajstić information content (AvgIpc) is 3.41. The van der Waals surface area contributed by atoms with E-state index in [4.69, 9.17) is 11.6 Å². The smallest absolute Gasteiger partial charge is 0.433 e. The molecular weight excluding hydrogens is 435 g/mol. The first-order valence-electron chi connectivity index (χ1n) is 8.65. The first-order chi connectivity index (χ1) is 14.1. The summed E-state index contributed by atoms with van der Waals surface area (Å²) in [5.74, 6) is -1.15. The zero-order valence-corrected chi connectivity index (χ0v) is 15.6. The second-order valence-electron chi connectivity index (χ2n) is 6.61. The molecule has 0 saturated heterocycles. The number of fused-ring (bicyclic) bond motifs is 1. The van der Waals surface area contributed by atoms with Crippen molar-refractivity contribution in [3.8, 4) is 5.75 Å². The van der Waals surface area contributed by atoms with Gasteiger partial charge in [-0.1, -0.05) is 11.6 Å². The monoisotopic (exact) mass is 446 g/mol. The van der Waals surface area contributed by atoms with Crippen molar-refractivity contribution in [2.45, 2.75) is 31.5 Å². The number of halogens is 6. The number of nitrogens with zero attached hydrogens (tertiary/aromatic N) is 3. The van der Waals surface area contributed by atoms with Crippen LogP contribution in [-0.4, -0.2) is 27.1 Å². The summed E-state index contributed by atoms with van der Waals surface area (Å²) in [6.45, 7) is -3.07. The summed E-state index contributed by atoms with van der Waals surface area (Å²) in [5.41, 5.74) is -1.05. The molecule has 1 aromatic carbocycles. The Bertz CT molecular complexity index is 1130. The van der Waals surface area contributed by atoms with E-state index in [1.165, 1.54) is 12.1 Å². The molecule has 1 fully saturated rings. The molecule has 2 aromatic heterocycles. The number of alkyl halides is 5. The lowest BCUT2D eigenvalue weighted by atomic mass is 10.2. The first kappa shape index (κ1) is 20.3. The molecule has 6 nitrogen and oxygen atoms in total. The van der Waals surface area contributed by atoms with Crippen LogP contribution in [0.15, 0.2) is 30.5 Å². The number of hydrogen-bond donors (Lipinski definition) is 1. The number of nitrogens with one attached hydrogen (secondary N) is 1. The lowest BCUT2D eigenvalue weighted by Gasteiger charge is -2.11. The molecule has 2 heterocycles. The van der Waals surface area contributed by atoms with E-state index in [9.17, 15) is 26.7 Å². The summed E-state index contributed by atoms with van der Waals surface area (Å²) in [4.78, 5) is 16.8. The van der Waals surface area contributed by atoms with Crippen LogP contribution >= 0.6 is 11.6 Å². The molecule has 0 radical (unpaired) electrons. The van der Waals surface area contributed by atoms with E-state index in [0.717, 1.165) is 31.2 Å². The number of carbonyl (C=O) groups excluding carboxylic acids is 1. The molecule has 1 amide bonds. The van der Waals surface area contributed by atoms with Gasteiger partial charge in [0.25, 0.3) is 5.91 Å². The van der Waals surface area contributed by atoms with Crippen LogP contribution in [0, 0.1) is 0 Å². The third-order valence-corrected chi connectivity index (χ3v) is 4.72. The maximum atomic E-state index is 13.4. The van der Waals surface area contributed by atoms with Gasteiger partial charge < -0.3 is 10.1 Å². The Morgan fingerprint density at radius 3 is 2.60 bits per heavy atom. The summed E-state index contributed by atoms with van der Waals surface area (Å²) in [6.07, 6.45) is -2.25. The number of carbonyl (C=O) groups is 1. The summed E-state index contributed by atoms with van der Waals surface area (Å²) in [5, 5.41) is 5.94. The average molecular weight is 447 g/mol. The maximum Gasteiger partial charge on any atom is 0.433 e. The van der Waals surface area contributed by atoms with Gasteiger partial charge in [0.1, 0.15) is 17.0 Å². The molecule has 0 bridgehead atoms. The number of benzene rings is 1. The van der Waals surface area contributed by atoms with Crippen molar-refractivity contribution in [1.29, 1.82) is 0 Å². The van der Waals surface area contributed by atoms with Gasteiger partial charge in [0.2, 0.25) is 0 Å². The lowest BCUT2D eigenvalue weighted by Crippen LogP contribution is -2.16. The first-order valence-corrected chi connectivity index (χ1v) is 9.03. The zero-order valence-electron chi connectivity index (χ0n) is 14.9. The quantitative estimate of drug-likeness (QED) is 0.551. The van der Waals surface area contributed by atoms with Crippen LogP contribution in [0.1, 0.15) is 40.5 Å². The van der Waals surface area contributed by atoms with Crippen LogP contribution in [0.5, 0.6) is 5.75 Å². The van der Waals surface area contributed by atoms with E-state index in [0.29, 0.717) is 4.52 Å².